The maximum atomic E-state index is 11.0. The van der Waals surface area contributed by atoms with Crippen molar-refractivity contribution < 1.29 is 14.5 Å². The van der Waals surface area contributed by atoms with Crippen LogP contribution >= 0.6 is 11.8 Å². The minimum absolute atomic E-state index is 0.131. The van der Waals surface area contributed by atoms with Crippen LogP contribution in [0.5, 0.6) is 0 Å². The van der Waals surface area contributed by atoms with E-state index in [1.54, 1.807) is 14.0 Å². The molecule has 19 heavy (non-hydrogen) atoms. The molecule has 1 heterocycles. The Hall–Kier alpha value is -1.90. The van der Waals surface area contributed by atoms with Gasteiger partial charge in [-0.15, -0.1) is 0 Å². The molecule has 0 bridgehead atoms. The number of esters is 1. The Morgan fingerprint density at radius 3 is 2.74 bits per heavy atom. The van der Waals surface area contributed by atoms with E-state index >= 15 is 0 Å². The lowest BCUT2D eigenvalue weighted by Crippen LogP contribution is -2.06. The number of carbonyl (C=O) groups excluding carboxylic acids is 1. The minimum atomic E-state index is -0.519. The van der Waals surface area contributed by atoms with Crippen molar-refractivity contribution in [3.63, 3.8) is 0 Å². The van der Waals surface area contributed by atoms with Gasteiger partial charge in [-0.25, -0.2) is 4.98 Å². The second kappa shape index (κ2) is 6.88. The lowest BCUT2D eigenvalue weighted by molar-refractivity contribution is -0.389. The number of anilines is 1. The third-order valence-electron chi connectivity index (χ3n) is 2.21. The number of rotatable bonds is 6. The van der Waals surface area contributed by atoms with Crippen molar-refractivity contribution >= 4 is 29.4 Å². The smallest absolute Gasteiger partial charge is 0.322 e. The molecule has 0 fully saturated rings. The number of thioether (sulfide) groups is 1. The number of ether oxygens (including phenoxy) is 1. The zero-order valence-electron chi connectivity index (χ0n) is 10.8. The number of hydrogen-bond acceptors (Lipinski definition) is 8. The van der Waals surface area contributed by atoms with Gasteiger partial charge in [0.25, 0.3) is 0 Å². The average molecular weight is 286 g/mol. The number of hydrogen-bond donors (Lipinski definition) is 1. The van der Waals surface area contributed by atoms with Crippen LogP contribution in [0.1, 0.15) is 12.1 Å². The van der Waals surface area contributed by atoms with Gasteiger partial charge in [0, 0.05) is 12.8 Å². The molecule has 0 saturated carbocycles. The fourth-order valence-electron chi connectivity index (χ4n) is 1.30. The molecule has 1 aromatic heterocycles. The molecule has 1 N–H and O–H groups in total. The van der Waals surface area contributed by atoms with Crippen molar-refractivity contribution in [2.75, 3.05) is 25.2 Å². The molecule has 104 valence electrons. The van der Waals surface area contributed by atoms with Gasteiger partial charge in [0.05, 0.1) is 18.5 Å². The van der Waals surface area contributed by atoms with Crippen molar-refractivity contribution in [3.8, 4) is 0 Å². The Balaban J connectivity index is 2.93. The quantitative estimate of drug-likeness (QED) is 0.275. The molecule has 1 aromatic rings. The highest BCUT2D eigenvalue weighted by Crippen LogP contribution is 2.30. The van der Waals surface area contributed by atoms with E-state index < -0.39 is 4.92 Å². The predicted octanol–water partition coefficient (Wildman–Crippen LogP) is 1.39. The van der Waals surface area contributed by atoms with Gasteiger partial charge < -0.3 is 10.1 Å². The summed E-state index contributed by atoms with van der Waals surface area (Å²) in [6.45, 7) is 1.55. The van der Waals surface area contributed by atoms with Crippen LogP contribution in [0.3, 0.4) is 0 Å². The summed E-state index contributed by atoms with van der Waals surface area (Å²) in [6.07, 6.45) is 0.163. The van der Waals surface area contributed by atoms with Crippen LogP contribution in [-0.2, 0) is 9.53 Å². The molecule has 1 rings (SSSR count). The second-order valence-corrected chi connectivity index (χ2v) is 4.55. The van der Waals surface area contributed by atoms with Gasteiger partial charge in [0.15, 0.2) is 5.03 Å². The first kappa shape index (κ1) is 15.2. The van der Waals surface area contributed by atoms with E-state index in [2.05, 4.69) is 20.0 Å². The van der Waals surface area contributed by atoms with Crippen molar-refractivity contribution in [2.45, 2.75) is 18.4 Å². The van der Waals surface area contributed by atoms with Gasteiger partial charge in [-0.1, -0.05) is 11.8 Å². The molecule has 0 spiro atoms. The summed E-state index contributed by atoms with van der Waals surface area (Å²) < 4.78 is 4.50. The van der Waals surface area contributed by atoms with E-state index in [1.165, 1.54) is 7.11 Å². The monoisotopic (exact) mass is 286 g/mol. The van der Waals surface area contributed by atoms with Gasteiger partial charge in [-0.05, 0) is 6.92 Å². The van der Waals surface area contributed by atoms with Crippen LogP contribution in [-0.4, -0.2) is 40.8 Å². The summed E-state index contributed by atoms with van der Waals surface area (Å²) in [5, 5.41) is 14.0. The largest absolute Gasteiger partial charge is 0.469 e. The van der Waals surface area contributed by atoms with E-state index in [9.17, 15) is 14.9 Å². The maximum Gasteiger partial charge on any atom is 0.322 e. The summed E-state index contributed by atoms with van der Waals surface area (Å²) in [5.41, 5.74) is 0.152. The summed E-state index contributed by atoms with van der Waals surface area (Å²) in [7, 11) is 2.92. The Kier molecular flexibility index (Phi) is 5.49. The Morgan fingerprint density at radius 1 is 1.53 bits per heavy atom. The van der Waals surface area contributed by atoms with Crippen molar-refractivity contribution in [1.82, 2.24) is 9.97 Å². The Labute approximate surface area is 114 Å². The first-order chi connectivity index (χ1) is 8.99. The Bertz CT molecular complexity index is 495. The van der Waals surface area contributed by atoms with Crippen molar-refractivity contribution in [2.24, 2.45) is 0 Å². The summed E-state index contributed by atoms with van der Waals surface area (Å²) in [5.74, 6) is 0.297. The van der Waals surface area contributed by atoms with Gasteiger partial charge in [0.1, 0.15) is 5.69 Å². The van der Waals surface area contributed by atoms with Crippen molar-refractivity contribution in [1.29, 1.82) is 0 Å². The first-order valence-electron chi connectivity index (χ1n) is 5.40. The summed E-state index contributed by atoms with van der Waals surface area (Å²) in [4.78, 5) is 29.5. The molecule has 0 radical (unpaired) electrons. The zero-order valence-corrected chi connectivity index (χ0v) is 11.6. The fourth-order valence-corrected chi connectivity index (χ4v) is 2.27. The molecule has 0 aliphatic heterocycles. The maximum absolute atomic E-state index is 11.0. The van der Waals surface area contributed by atoms with Crippen molar-refractivity contribution in [3.05, 3.63) is 15.8 Å². The number of carbonyl (C=O) groups is 1. The second-order valence-electron chi connectivity index (χ2n) is 3.47. The topological polar surface area (TPSA) is 107 Å². The lowest BCUT2D eigenvalue weighted by Gasteiger charge is -2.06. The summed E-state index contributed by atoms with van der Waals surface area (Å²) >= 11 is 1.13. The standard InChI is InChI=1S/C10H14N4O4S/c1-6-8(14(16)17)9(13-10(11-2)12-6)19-5-4-7(15)18-3/h4-5H2,1-3H3,(H,11,12,13). The molecule has 0 aromatic carbocycles. The normalized spacial score (nSPS) is 10.1. The highest BCUT2D eigenvalue weighted by atomic mass is 32.2. The lowest BCUT2D eigenvalue weighted by atomic mass is 10.4. The highest BCUT2D eigenvalue weighted by Gasteiger charge is 2.22. The van der Waals surface area contributed by atoms with E-state index in [4.69, 9.17) is 0 Å². The third-order valence-corrected chi connectivity index (χ3v) is 3.17. The van der Waals surface area contributed by atoms with Gasteiger partial charge >= 0.3 is 11.7 Å². The Morgan fingerprint density at radius 2 is 2.21 bits per heavy atom. The van der Waals surface area contributed by atoms with Crippen LogP contribution in [0, 0.1) is 17.0 Å². The van der Waals surface area contributed by atoms with Gasteiger partial charge in [0.2, 0.25) is 5.95 Å². The number of nitro groups is 1. The average Bonchev–Trinajstić information content (AvgIpc) is 2.37. The van der Waals surface area contributed by atoms with E-state index in [-0.39, 0.29) is 28.8 Å². The van der Waals surface area contributed by atoms with Gasteiger partial charge in [-0.3, -0.25) is 14.9 Å². The molecule has 0 aliphatic rings. The van der Waals surface area contributed by atoms with Crippen LogP contribution in [0.2, 0.25) is 0 Å². The van der Waals surface area contributed by atoms with Crippen LogP contribution in [0.4, 0.5) is 11.6 Å². The molecule has 0 amide bonds. The molecule has 0 atom stereocenters. The molecular weight excluding hydrogens is 272 g/mol. The van der Waals surface area contributed by atoms with Crippen LogP contribution in [0.15, 0.2) is 5.03 Å². The number of aromatic nitrogens is 2. The van der Waals surface area contributed by atoms with E-state index in [0.29, 0.717) is 11.7 Å². The molecule has 8 nitrogen and oxygen atoms in total. The SMILES string of the molecule is CNc1nc(C)c([N+](=O)[O-])c(SCCC(=O)OC)n1. The number of methoxy groups -OCH3 is 1. The number of nitrogens with zero attached hydrogens (tertiary/aromatic N) is 3. The molecule has 9 heteroatoms. The molecule has 0 saturated heterocycles. The highest BCUT2D eigenvalue weighted by molar-refractivity contribution is 7.99. The third kappa shape index (κ3) is 4.05. The van der Waals surface area contributed by atoms with Gasteiger partial charge in [-0.2, -0.15) is 4.98 Å². The number of aryl methyl sites for hydroxylation is 1. The number of nitrogens with one attached hydrogen (secondary N) is 1. The molecule has 0 unspecified atom stereocenters. The zero-order chi connectivity index (χ0) is 14.4. The summed E-state index contributed by atoms with van der Waals surface area (Å²) in [6, 6.07) is 0. The molecular formula is C10H14N4O4S. The van der Waals surface area contributed by atoms with E-state index in [1.807, 2.05) is 0 Å². The predicted molar refractivity (Wildman–Crippen MR) is 70.3 cm³/mol. The molecule has 0 aliphatic carbocycles. The van der Waals surface area contributed by atoms with Crippen LogP contribution < -0.4 is 5.32 Å². The minimum Gasteiger partial charge on any atom is -0.469 e. The van der Waals surface area contributed by atoms with Crippen LogP contribution in [0.25, 0.3) is 0 Å². The first-order valence-corrected chi connectivity index (χ1v) is 6.38. The fraction of sp³-hybridized carbons (Fsp3) is 0.500. The van der Waals surface area contributed by atoms with E-state index in [0.717, 1.165) is 11.8 Å².